The number of carbonyl (C=O) groups is 1. The van der Waals surface area contributed by atoms with Crippen molar-refractivity contribution in [3.05, 3.63) is 12.2 Å². The Morgan fingerprint density at radius 2 is 1.61 bits per heavy atom. The molecule has 0 aromatic heterocycles. The van der Waals surface area contributed by atoms with E-state index in [4.69, 9.17) is 4.43 Å². The molecule has 1 rings (SSSR count). The van der Waals surface area contributed by atoms with E-state index >= 15 is 0 Å². The highest BCUT2D eigenvalue weighted by Crippen LogP contribution is 2.39. The van der Waals surface area contributed by atoms with Crippen molar-refractivity contribution >= 4 is 14.6 Å². The molecule has 3 atom stereocenters. The number of hydrogen-bond donors (Lipinski definition) is 0. The molecule has 0 N–H and O–H groups in total. The van der Waals surface area contributed by atoms with Gasteiger partial charge in [0.05, 0.1) is 6.10 Å². The lowest BCUT2D eigenvalue weighted by Crippen LogP contribution is -2.47. The fourth-order valence-electron chi connectivity index (χ4n) is 3.06. The van der Waals surface area contributed by atoms with Crippen LogP contribution in [0.5, 0.6) is 0 Å². The molecule has 134 valence electrons. The maximum atomic E-state index is 11.4. The van der Waals surface area contributed by atoms with Crippen LogP contribution in [0.25, 0.3) is 0 Å². The van der Waals surface area contributed by atoms with Crippen molar-refractivity contribution in [2.45, 2.75) is 91.0 Å². The Balaban J connectivity index is 2.80. The zero-order valence-corrected chi connectivity index (χ0v) is 17.4. The summed E-state index contributed by atoms with van der Waals surface area (Å²) in [6.07, 6.45) is 12.5. The maximum Gasteiger partial charge on any atom is 0.192 e. The summed E-state index contributed by atoms with van der Waals surface area (Å²) in [4.78, 5) is 11.4. The highest BCUT2D eigenvalue weighted by atomic mass is 28.4. The van der Waals surface area contributed by atoms with Crippen LogP contribution in [0, 0.1) is 17.8 Å². The van der Waals surface area contributed by atoms with Crippen molar-refractivity contribution in [2.75, 3.05) is 0 Å². The van der Waals surface area contributed by atoms with Gasteiger partial charge in [-0.25, -0.2) is 0 Å². The van der Waals surface area contributed by atoms with Gasteiger partial charge in [-0.1, -0.05) is 66.0 Å². The van der Waals surface area contributed by atoms with E-state index in [1.165, 1.54) is 32.1 Å². The summed E-state index contributed by atoms with van der Waals surface area (Å²) in [6.45, 7) is 15.5. The van der Waals surface area contributed by atoms with Crippen LogP contribution < -0.4 is 0 Å². The lowest BCUT2D eigenvalue weighted by Gasteiger charge is -2.41. The summed E-state index contributed by atoms with van der Waals surface area (Å²) in [5.74, 6) is 0.952. The van der Waals surface area contributed by atoms with Crippen LogP contribution in [0.2, 0.25) is 18.1 Å². The monoisotopic (exact) mass is 338 g/mol. The fraction of sp³-hybridized carbons (Fsp3) is 0.850. The Bertz CT molecular complexity index is 389. The summed E-state index contributed by atoms with van der Waals surface area (Å²) in [5.41, 5.74) is 0. The zero-order chi connectivity index (χ0) is 17.7. The molecule has 1 aliphatic rings. The van der Waals surface area contributed by atoms with Gasteiger partial charge in [0.1, 0.15) is 6.29 Å². The molecule has 23 heavy (non-hydrogen) atoms. The van der Waals surface area contributed by atoms with E-state index in [1.807, 2.05) is 6.92 Å². The molecule has 2 nitrogen and oxygen atoms in total. The number of hydrogen-bond acceptors (Lipinski definition) is 2. The van der Waals surface area contributed by atoms with Gasteiger partial charge in [-0.2, -0.15) is 0 Å². The normalized spacial score (nSPS) is 22.0. The summed E-state index contributed by atoms with van der Waals surface area (Å²) < 4.78 is 6.61. The quantitative estimate of drug-likeness (QED) is 0.324. The lowest BCUT2D eigenvalue weighted by molar-refractivity contribution is -0.113. The minimum atomic E-state index is -1.87. The minimum absolute atomic E-state index is 0.00627. The number of carbonyl (C=O) groups excluding carboxylic acids is 1. The van der Waals surface area contributed by atoms with Gasteiger partial charge < -0.3 is 9.22 Å². The molecular weight excluding hydrogens is 300 g/mol. The van der Waals surface area contributed by atoms with Gasteiger partial charge in [-0.3, -0.25) is 0 Å². The second kappa shape index (κ2) is 8.62. The first-order chi connectivity index (χ1) is 10.6. The van der Waals surface area contributed by atoms with Gasteiger partial charge in [0.2, 0.25) is 0 Å². The second-order valence-electron chi connectivity index (χ2n) is 8.98. The average molecular weight is 339 g/mol. The zero-order valence-electron chi connectivity index (χ0n) is 16.4. The third-order valence-electron chi connectivity index (χ3n) is 5.82. The topological polar surface area (TPSA) is 26.3 Å². The van der Waals surface area contributed by atoms with Crippen LogP contribution >= 0.6 is 0 Å². The molecule has 0 radical (unpaired) electrons. The maximum absolute atomic E-state index is 11.4. The van der Waals surface area contributed by atoms with Crippen LogP contribution in [-0.2, 0) is 9.22 Å². The molecule has 0 unspecified atom stereocenters. The highest BCUT2D eigenvalue weighted by molar-refractivity contribution is 6.74. The molecule has 0 heterocycles. The van der Waals surface area contributed by atoms with Gasteiger partial charge >= 0.3 is 0 Å². The Labute approximate surface area is 145 Å². The molecule has 0 bridgehead atoms. The molecule has 0 saturated heterocycles. The molecule has 1 saturated carbocycles. The van der Waals surface area contributed by atoms with Crippen molar-refractivity contribution in [1.29, 1.82) is 0 Å². The highest BCUT2D eigenvalue weighted by Gasteiger charge is 2.41. The van der Waals surface area contributed by atoms with Gasteiger partial charge in [-0.15, -0.1) is 0 Å². The summed E-state index contributed by atoms with van der Waals surface area (Å²) in [6, 6.07) is 0. The number of allylic oxidation sites excluding steroid dienone is 1. The van der Waals surface area contributed by atoms with E-state index in [1.54, 1.807) is 0 Å². The Kier molecular flexibility index (Phi) is 7.73. The SMILES string of the molecule is C[C@@H](C=O)[C@H](O[Si](C)(C)C(C)(C)C)[C@@H](C)/C=C/C1CCCCC1. The minimum Gasteiger partial charge on any atom is -0.413 e. The first-order valence-electron chi connectivity index (χ1n) is 9.40. The first kappa shape index (κ1) is 20.6. The molecular formula is C20H38O2Si. The second-order valence-corrected chi connectivity index (χ2v) is 13.7. The Morgan fingerprint density at radius 3 is 2.09 bits per heavy atom. The van der Waals surface area contributed by atoms with Gasteiger partial charge in [-0.05, 0) is 42.8 Å². The van der Waals surface area contributed by atoms with Crippen molar-refractivity contribution in [2.24, 2.45) is 17.8 Å². The van der Waals surface area contributed by atoms with E-state index in [-0.39, 0.29) is 23.0 Å². The fourth-order valence-corrected chi connectivity index (χ4v) is 4.52. The molecule has 1 fully saturated rings. The van der Waals surface area contributed by atoms with E-state index in [9.17, 15) is 4.79 Å². The lowest BCUT2D eigenvalue weighted by atomic mass is 9.87. The first-order valence-corrected chi connectivity index (χ1v) is 12.3. The summed E-state index contributed by atoms with van der Waals surface area (Å²) in [7, 11) is -1.87. The van der Waals surface area contributed by atoms with E-state index < -0.39 is 8.32 Å². The van der Waals surface area contributed by atoms with Crippen LogP contribution in [0.15, 0.2) is 12.2 Å². The predicted molar refractivity (Wildman–Crippen MR) is 102 cm³/mol. The average Bonchev–Trinajstić information content (AvgIpc) is 2.49. The van der Waals surface area contributed by atoms with Crippen LogP contribution in [-0.4, -0.2) is 20.7 Å². The Morgan fingerprint density at radius 1 is 1.04 bits per heavy atom. The molecule has 0 aromatic rings. The summed E-state index contributed by atoms with van der Waals surface area (Å²) in [5, 5.41) is 0.167. The van der Waals surface area contributed by atoms with Crippen LogP contribution in [0.1, 0.15) is 66.7 Å². The Hall–Kier alpha value is -0.413. The standard InChI is InChI=1S/C20H38O2Si/c1-16(13-14-18-11-9-8-10-12-18)19(17(2)15-21)22-23(6,7)20(3,4)5/h13-19H,8-12H2,1-7H3/b14-13+/t16-,17-,19+/m0/s1. The third kappa shape index (κ3) is 6.19. The number of rotatable bonds is 7. The van der Waals surface area contributed by atoms with E-state index in [0.717, 1.165) is 12.2 Å². The van der Waals surface area contributed by atoms with Crippen LogP contribution in [0.4, 0.5) is 0 Å². The van der Waals surface area contributed by atoms with Gasteiger partial charge in [0, 0.05) is 5.92 Å². The van der Waals surface area contributed by atoms with Crippen LogP contribution in [0.3, 0.4) is 0 Å². The van der Waals surface area contributed by atoms with E-state index in [0.29, 0.717) is 0 Å². The third-order valence-corrected chi connectivity index (χ3v) is 10.3. The number of aldehydes is 1. The van der Waals surface area contributed by atoms with Gasteiger partial charge in [0.25, 0.3) is 0 Å². The molecule has 0 spiro atoms. The van der Waals surface area contributed by atoms with Crippen molar-refractivity contribution in [3.8, 4) is 0 Å². The van der Waals surface area contributed by atoms with Crippen molar-refractivity contribution < 1.29 is 9.22 Å². The molecule has 1 aliphatic carbocycles. The molecule has 0 amide bonds. The van der Waals surface area contributed by atoms with Crippen molar-refractivity contribution in [1.82, 2.24) is 0 Å². The smallest absolute Gasteiger partial charge is 0.192 e. The van der Waals surface area contributed by atoms with Gasteiger partial charge in [0.15, 0.2) is 8.32 Å². The summed E-state index contributed by atoms with van der Waals surface area (Å²) >= 11 is 0. The molecule has 0 aliphatic heterocycles. The predicted octanol–water partition coefficient (Wildman–Crippen LogP) is 5.98. The molecule has 3 heteroatoms. The largest absolute Gasteiger partial charge is 0.413 e. The van der Waals surface area contributed by atoms with Crippen molar-refractivity contribution in [3.63, 3.8) is 0 Å². The van der Waals surface area contributed by atoms with E-state index in [2.05, 4.69) is 52.9 Å². The molecule has 0 aromatic carbocycles.